The maximum Gasteiger partial charge on any atom is 0.255 e. The second-order valence-corrected chi connectivity index (χ2v) is 5.96. The zero-order chi connectivity index (χ0) is 19.9. The van der Waals surface area contributed by atoms with Gasteiger partial charge in [-0.15, -0.1) is 0 Å². The molecule has 1 amide bonds. The molecule has 0 aliphatic rings. The van der Waals surface area contributed by atoms with Crippen LogP contribution in [0.5, 0.6) is 17.2 Å². The van der Waals surface area contributed by atoms with E-state index in [2.05, 4.69) is 10.6 Å². The number of anilines is 3. The van der Waals surface area contributed by atoms with E-state index in [9.17, 15) is 4.79 Å². The Morgan fingerprint density at radius 3 is 2.11 bits per heavy atom. The van der Waals surface area contributed by atoms with Crippen LogP contribution in [0.4, 0.5) is 17.1 Å². The average Bonchev–Trinajstić information content (AvgIpc) is 2.74. The summed E-state index contributed by atoms with van der Waals surface area (Å²) in [6.45, 7) is 0. The fourth-order valence-corrected chi connectivity index (χ4v) is 2.69. The molecule has 6 heteroatoms. The first-order chi connectivity index (χ1) is 13.6. The first-order valence-electron chi connectivity index (χ1n) is 8.67. The molecule has 2 N–H and O–H groups in total. The van der Waals surface area contributed by atoms with E-state index in [0.717, 1.165) is 17.1 Å². The number of ether oxygens (including phenoxy) is 3. The lowest BCUT2D eigenvalue weighted by Crippen LogP contribution is -2.12. The molecule has 0 fully saturated rings. The Bertz CT molecular complexity index is 955. The summed E-state index contributed by atoms with van der Waals surface area (Å²) in [5, 5.41) is 6.17. The lowest BCUT2D eigenvalue weighted by molar-refractivity contribution is 0.102. The van der Waals surface area contributed by atoms with Crippen LogP contribution in [0.2, 0.25) is 0 Å². The molecule has 28 heavy (non-hydrogen) atoms. The molecule has 0 heterocycles. The third kappa shape index (κ3) is 4.54. The zero-order valence-electron chi connectivity index (χ0n) is 16.0. The van der Waals surface area contributed by atoms with Crippen molar-refractivity contribution in [2.45, 2.75) is 0 Å². The van der Waals surface area contributed by atoms with Crippen LogP contribution < -0.4 is 24.8 Å². The monoisotopic (exact) mass is 378 g/mol. The number of nitrogens with one attached hydrogen (secondary N) is 2. The summed E-state index contributed by atoms with van der Waals surface area (Å²) in [7, 11) is 4.72. The lowest BCUT2D eigenvalue weighted by atomic mass is 10.1. The highest BCUT2D eigenvalue weighted by Gasteiger charge is 2.11. The van der Waals surface area contributed by atoms with Crippen molar-refractivity contribution < 1.29 is 19.0 Å². The molecule has 3 aromatic carbocycles. The van der Waals surface area contributed by atoms with E-state index in [0.29, 0.717) is 22.7 Å². The van der Waals surface area contributed by atoms with Gasteiger partial charge in [0.2, 0.25) is 0 Å². The van der Waals surface area contributed by atoms with Crippen LogP contribution >= 0.6 is 0 Å². The number of carbonyl (C=O) groups is 1. The SMILES string of the molecule is COc1cccc(Nc2ccc(NC(=O)c3ccc(OC)c(OC)c3)cc2)c1. The Morgan fingerprint density at radius 2 is 1.43 bits per heavy atom. The van der Waals surface area contributed by atoms with Gasteiger partial charge < -0.3 is 24.8 Å². The second-order valence-electron chi connectivity index (χ2n) is 5.96. The maximum absolute atomic E-state index is 12.5. The zero-order valence-corrected chi connectivity index (χ0v) is 16.0. The normalized spacial score (nSPS) is 10.1. The van der Waals surface area contributed by atoms with Gasteiger partial charge in [-0.3, -0.25) is 4.79 Å². The number of amides is 1. The number of benzene rings is 3. The minimum atomic E-state index is -0.227. The molecular formula is C22H22N2O4. The van der Waals surface area contributed by atoms with Crippen LogP contribution in [0.15, 0.2) is 66.7 Å². The molecule has 3 aromatic rings. The van der Waals surface area contributed by atoms with Gasteiger partial charge in [0.15, 0.2) is 11.5 Å². The largest absolute Gasteiger partial charge is 0.497 e. The molecule has 0 aromatic heterocycles. The van der Waals surface area contributed by atoms with E-state index < -0.39 is 0 Å². The van der Waals surface area contributed by atoms with Crippen molar-refractivity contribution in [3.63, 3.8) is 0 Å². The van der Waals surface area contributed by atoms with Crippen LogP contribution in [0.1, 0.15) is 10.4 Å². The lowest BCUT2D eigenvalue weighted by Gasteiger charge is -2.11. The minimum absolute atomic E-state index is 0.227. The highest BCUT2D eigenvalue weighted by molar-refractivity contribution is 6.04. The van der Waals surface area contributed by atoms with E-state index in [1.54, 1.807) is 32.4 Å². The summed E-state index contributed by atoms with van der Waals surface area (Å²) in [5.41, 5.74) is 2.99. The van der Waals surface area contributed by atoms with Gasteiger partial charge in [0.25, 0.3) is 5.91 Å². The first kappa shape index (κ1) is 19.1. The number of hydrogen-bond acceptors (Lipinski definition) is 5. The van der Waals surface area contributed by atoms with Crippen molar-refractivity contribution in [3.8, 4) is 17.2 Å². The van der Waals surface area contributed by atoms with E-state index >= 15 is 0 Å². The first-order valence-corrected chi connectivity index (χ1v) is 8.67. The Kier molecular flexibility index (Phi) is 6.01. The van der Waals surface area contributed by atoms with Gasteiger partial charge in [0.1, 0.15) is 5.75 Å². The fraction of sp³-hybridized carbons (Fsp3) is 0.136. The van der Waals surface area contributed by atoms with Crippen LogP contribution in [0.3, 0.4) is 0 Å². The Morgan fingerprint density at radius 1 is 0.714 bits per heavy atom. The van der Waals surface area contributed by atoms with Crippen molar-refractivity contribution >= 4 is 23.0 Å². The molecular weight excluding hydrogens is 356 g/mol. The van der Waals surface area contributed by atoms with Gasteiger partial charge in [0.05, 0.1) is 21.3 Å². The Hall–Kier alpha value is -3.67. The topological polar surface area (TPSA) is 68.8 Å². The predicted octanol–water partition coefficient (Wildman–Crippen LogP) is 4.71. The third-order valence-electron chi connectivity index (χ3n) is 4.15. The van der Waals surface area contributed by atoms with Crippen LogP contribution in [0, 0.1) is 0 Å². The summed E-state index contributed by atoms with van der Waals surface area (Å²) in [6.07, 6.45) is 0. The Labute approximate surface area is 164 Å². The summed E-state index contributed by atoms with van der Waals surface area (Å²) >= 11 is 0. The molecule has 0 saturated carbocycles. The van der Waals surface area contributed by atoms with Gasteiger partial charge >= 0.3 is 0 Å². The molecule has 0 saturated heterocycles. The van der Waals surface area contributed by atoms with E-state index in [-0.39, 0.29) is 5.91 Å². The third-order valence-corrected chi connectivity index (χ3v) is 4.15. The van der Waals surface area contributed by atoms with Crippen LogP contribution in [0.25, 0.3) is 0 Å². The van der Waals surface area contributed by atoms with E-state index in [4.69, 9.17) is 14.2 Å². The number of carbonyl (C=O) groups excluding carboxylic acids is 1. The highest BCUT2D eigenvalue weighted by atomic mass is 16.5. The van der Waals surface area contributed by atoms with Gasteiger partial charge in [-0.2, -0.15) is 0 Å². The minimum Gasteiger partial charge on any atom is -0.497 e. The molecule has 6 nitrogen and oxygen atoms in total. The highest BCUT2D eigenvalue weighted by Crippen LogP contribution is 2.28. The Balaban J connectivity index is 1.67. The molecule has 0 radical (unpaired) electrons. The summed E-state index contributed by atoms with van der Waals surface area (Å²) in [4.78, 5) is 12.5. The summed E-state index contributed by atoms with van der Waals surface area (Å²) < 4.78 is 15.7. The van der Waals surface area contributed by atoms with Crippen molar-refractivity contribution in [3.05, 3.63) is 72.3 Å². The second kappa shape index (κ2) is 8.81. The predicted molar refractivity (Wildman–Crippen MR) is 110 cm³/mol. The van der Waals surface area contributed by atoms with Crippen molar-refractivity contribution in [1.29, 1.82) is 0 Å². The van der Waals surface area contributed by atoms with Crippen LogP contribution in [-0.2, 0) is 0 Å². The van der Waals surface area contributed by atoms with Gasteiger partial charge in [-0.25, -0.2) is 0 Å². The quantitative estimate of drug-likeness (QED) is 0.623. The fourth-order valence-electron chi connectivity index (χ4n) is 2.69. The molecule has 0 unspecified atom stereocenters. The van der Waals surface area contributed by atoms with Gasteiger partial charge in [-0.1, -0.05) is 6.07 Å². The standard InChI is InChI=1S/C22H22N2O4/c1-26-19-6-4-5-18(14-19)23-16-8-10-17(11-9-16)24-22(25)15-7-12-20(27-2)21(13-15)28-3/h4-14,23H,1-3H3,(H,24,25). The van der Waals surface area contributed by atoms with Gasteiger partial charge in [0, 0.05) is 28.7 Å². The van der Waals surface area contributed by atoms with Crippen LogP contribution in [-0.4, -0.2) is 27.2 Å². The molecule has 0 aliphatic heterocycles. The van der Waals surface area contributed by atoms with Crippen molar-refractivity contribution in [2.24, 2.45) is 0 Å². The smallest absolute Gasteiger partial charge is 0.255 e. The molecule has 0 atom stereocenters. The van der Waals surface area contributed by atoms with E-state index in [1.807, 2.05) is 48.5 Å². The number of methoxy groups -OCH3 is 3. The number of rotatable bonds is 7. The van der Waals surface area contributed by atoms with E-state index in [1.165, 1.54) is 7.11 Å². The molecule has 3 rings (SSSR count). The average molecular weight is 378 g/mol. The maximum atomic E-state index is 12.5. The number of hydrogen-bond donors (Lipinski definition) is 2. The summed E-state index contributed by atoms with van der Waals surface area (Å²) in [5.74, 6) is 1.64. The van der Waals surface area contributed by atoms with Crippen molar-refractivity contribution in [2.75, 3.05) is 32.0 Å². The molecule has 0 aliphatic carbocycles. The molecule has 0 bridgehead atoms. The summed E-state index contributed by atoms with van der Waals surface area (Å²) in [6, 6.07) is 20.2. The molecule has 0 spiro atoms. The molecule has 144 valence electrons. The van der Waals surface area contributed by atoms with Crippen molar-refractivity contribution in [1.82, 2.24) is 0 Å². The van der Waals surface area contributed by atoms with Gasteiger partial charge in [-0.05, 0) is 54.6 Å².